The molecule has 0 aromatic heterocycles. The summed E-state index contributed by atoms with van der Waals surface area (Å²) in [5, 5.41) is 25.2. The lowest BCUT2D eigenvalue weighted by atomic mass is 9.37. The third-order valence-corrected chi connectivity index (χ3v) is 16.6. The minimum absolute atomic E-state index is 0.0877. The lowest BCUT2D eigenvalue weighted by Crippen LogP contribution is -2.63. The van der Waals surface area contributed by atoms with Crippen molar-refractivity contribution in [1.29, 1.82) is 0 Å². The van der Waals surface area contributed by atoms with Gasteiger partial charge in [0.1, 0.15) is 0 Å². The van der Waals surface area contributed by atoms with E-state index in [4.69, 9.17) is 0 Å². The Morgan fingerprint density at radius 2 is 1.53 bits per heavy atom. The predicted molar refractivity (Wildman–Crippen MR) is 226 cm³/mol. The highest BCUT2D eigenvalue weighted by Crippen LogP contribution is 2.72. The maximum absolute atomic E-state index is 14.1. The van der Waals surface area contributed by atoms with E-state index in [1.807, 2.05) is 27.7 Å². The lowest BCUT2D eigenvalue weighted by Gasteiger charge is -2.68. The second-order valence-electron chi connectivity index (χ2n) is 20.4. The van der Waals surface area contributed by atoms with Crippen LogP contribution in [0.25, 0.3) is 0 Å². The highest BCUT2D eigenvalue weighted by Gasteiger charge is 2.65. The average Bonchev–Trinajstić information content (AvgIpc) is 3.54. The van der Waals surface area contributed by atoms with Crippen LogP contribution in [-0.2, 0) is 0 Å². The molecule has 0 radical (unpaired) electrons. The maximum Gasteiger partial charge on any atom is 0.0954 e. The van der Waals surface area contributed by atoms with Crippen molar-refractivity contribution >= 4 is 0 Å². The number of aliphatic hydroxyl groups is 2. The maximum atomic E-state index is 14.1. The van der Waals surface area contributed by atoms with Gasteiger partial charge in [0, 0.05) is 17.6 Å². The Balaban J connectivity index is 0.000000980. The van der Waals surface area contributed by atoms with Crippen molar-refractivity contribution < 1.29 is 14.6 Å². The monoisotopic (exact) mass is 740 g/mol. The molecule has 3 nitrogen and oxygen atoms in total. The van der Waals surface area contributed by atoms with E-state index in [2.05, 4.69) is 65.6 Å². The van der Waals surface area contributed by atoms with Crippen LogP contribution in [-0.4, -0.2) is 41.2 Å². The molecule has 0 spiro atoms. The Morgan fingerprint density at radius 3 is 2.11 bits per heavy atom. The van der Waals surface area contributed by atoms with E-state index in [1.54, 1.807) is 5.57 Å². The van der Waals surface area contributed by atoms with Crippen LogP contribution in [0.15, 0.2) is 35.5 Å². The number of rotatable bonds is 12. The van der Waals surface area contributed by atoms with E-state index in [0.29, 0.717) is 28.7 Å². The molecule has 7 unspecified atom stereocenters. The SMILES string of the molecule is C=C(C)C.CC.CCCC(O)(CCC)CCNC12CCC[C@@H]1C1CCC3C(C)(CCC4C(C)(C)C(C5=CC[C@@](CF)(CCO)CC5)=CCC43C)C1CC2. The average molecular weight is 740 g/mol. The van der Waals surface area contributed by atoms with E-state index < -0.39 is 5.60 Å². The third-order valence-electron chi connectivity index (χ3n) is 16.6. The van der Waals surface area contributed by atoms with E-state index >= 15 is 0 Å². The Morgan fingerprint density at radius 1 is 0.849 bits per heavy atom. The van der Waals surface area contributed by atoms with Gasteiger partial charge in [-0.15, -0.1) is 6.58 Å². The summed E-state index contributed by atoms with van der Waals surface area (Å²) in [6.45, 7) is 27.2. The minimum atomic E-state index is -0.493. The summed E-state index contributed by atoms with van der Waals surface area (Å²) in [6, 6.07) is 0. The summed E-state index contributed by atoms with van der Waals surface area (Å²) >= 11 is 0. The molecule has 3 N–H and O–H groups in total. The molecule has 4 heteroatoms. The highest BCUT2D eigenvalue weighted by molar-refractivity contribution is 5.41. The summed E-state index contributed by atoms with van der Waals surface area (Å²) in [6.07, 6.45) is 26.6. The molecule has 0 aromatic rings. The van der Waals surface area contributed by atoms with Crippen molar-refractivity contribution in [3.8, 4) is 0 Å². The zero-order valence-electron chi connectivity index (χ0n) is 36.6. The summed E-state index contributed by atoms with van der Waals surface area (Å²) in [5.41, 5.74) is 4.59. The molecule has 0 aromatic carbocycles. The molecule has 4 fully saturated rings. The van der Waals surface area contributed by atoms with Crippen LogP contribution in [0, 0.1) is 51.2 Å². The summed E-state index contributed by atoms with van der Waals surface area (Å²) < 4.78 is 14.1. The van der Waals surface area contributed by atoms with Gasteiger partial charge in [-0.05, 0) is 180 Å². The summed E-state index contributed by atoms with van der Waals surface area (Å²) in [4.78, 5) is 0. The van der Waals surface area contributed by atoms with E-state index in [0.717, 1.165) is 81.6 Å². The van der Waals surface area contributed by atoms with E-state index in [-0.39, 0.29) is 24.1 Å². The van der Waals surface area contributed by atoms with Crippen molar-refractivity contribution in [2.45, 2.75) is 202 Å². The molecular weight excluding hydrogens is 654 g/mol. The van der Waals surface area contributed by atoms with Crippen molar-refractivity contribution in [2.75, 3.05) is 19.8 Å². The van der Waals surface area contributed by atoms with Crippen molar-refractivity contribution in [3.05, 3.63) is 35.5 Å². The number of alkyl halides is 1. The standard InChI is InChI=1S/C43H72FNO2.C4H8.C2H6/c1-7-18-42(47,19-8-2)26-28-45-43-20-9-10-35(43)32-11-12-37-39(5,34(32)16-25-43)22-17-36-38(3,4)33(15-21-40(36,37)6)31-13-23-41(30-44,24-14-31)27-29-46;1-4(2)3;1-2/h13,15,32,34-37,45-47H,7-12,14,16-30H2,1-6H3;1H2,2-3H3;1-2H3/t32?,34?,35-,36?,37?,39?,40?,41+,43?;;/m1../s1. The van der Waals surface area contributed by atoms with Gasteiger partial charge in [0.15, 0.2) is 0 Å². The number of hydrogen-bond donors (Lipinski definition) is 3. The van der Waals surface area contributed by atoms with Crippen LogP contribution >= 0.6 is 0 Å². The molecule has 6 rings (SSSR count). The van der Waals surface area contributed by atoms with Gasteiger partial charge in [-0.25, -0.2) is 0 Å². The van der Waals surface area contributed by atoms with Gasteiger partial charge in [-0.1, -0.05) is 92.4 Å². The Kier molecular flexibility index (Phi) is 15.3. The Hall–Kier alpha value is -0.970. The second kappa shape index (κ2) is 18.1. The first-order chi connectivity index (χ1) is 25.1. The van der Waals surface area contributed by atoms with E-state index in [1.165, 1.54) is 75.4 Å². The summed E-state index contributed by atoms with van der Waals surface area (Å²) in [7, 11) is 0. The van der Waals surface area contributed by atoms with Crippen LogP contribution in [0.1, 0.15) is 191 Å². The van der Waals surface area contributed by atoms with Crippen molar-refractivity contribution in [3.63, 3.8) is 0 Å². The fourth-order valence-electron chi connectivity index (χ4n) is 14.4. The van der Waals surface area contributed by atoms with Crippen LogP contribution < -0.4 is 5.32 Å². The minimum Gasteiger partial charge on any atom is -0.396 e. The lowest BCUT2D eigenvalue weighted by molar-refractivity contribution is -0.175. The van der Waals surface area contributed by atoms with Gasteiger partial charge >= 0.3 is 0 Å². The van der Waals surface area contributed by atoms with Crippen LogP contribution in [0.5, 0.6) is 0 Å². The normalized spacial score (nSPS) is 38.6. The molecule has 6 aliphatic carbocycles. The zero-order valence-corrected chi connectivity index (χ0v) is 36.6. The van der Waals surface area contributed by atoms with Gasteiger partial charge in [0.2, 0.25) is 0 Å². The number of halogens is 1. The molecule has 9 atom stereocenters. The first-order valence-corrected chi connectivity index (χ1v) is 22.8. The fraction of sp³-hybridized carbons (Fsp3) is 0.878. The smallest absolute Gasteiger partial charge is 0.0954 e. The molecule has 53 heavy (non-hydrogen) atoms. The first kappa shape index (κ1) is 44.7. The molecule has 0 aliphatic heterocycles. The molecule has 0 bridgehead atoms. The Bertz CT molecular complexity index is 1260. The predicted octanol–water partition coefficient (Wildman–Crippen LogP) is 13.1. The summed E-state index contributed by atoms with van der Waals surface area (Å²) in [5.74, 6) is 4.00. The fourth-order valence-corrected chi connectivity index (χ4v) is 14.4. The largest absolute Gasteiger partial charge is 0.396 e. The van der Waals surface area contributed by atoms with Gasteiger partial charge in [0.25, 0.3) is 0 Å². The van der Waals surface area contributed by atoms with Crippen LogP contribution in [0.2, 0.25) is 0 Å². The third kappa shape index (κ3) is 8.81. The quantitative estimate of drug-likeness (QED) is 0.175. The number of hydrogen-bond acceptors (Lipinski definition) is 3. The van der Waals surface area contributed by atoms with Crippen molar-refractivity contribution in [1.82, 2.24) is 5.32 Å². The molecule has 4 saturated carbocycles. The number of nitrogens with one attached hydrogen (secondary N) is 1. The van der Waals surface area contributed by atoms with Gasteiger partial charge in [0.05, 0.1) is 12.3 Å². The van der Waals surface area contributed by atoms with Gasteiger partial charge in [-0.3, -0.25) is 4.39 Å². The molecular formula is C49H86FNO2. The number of fused-ring (bicyclic) bond motifs is 7. The van der Waals surface area contributed by atoms with Gasteiger partial charge in [-0.2, -0.15) is 0 Å². The number of aliphatic hydroxyl groups excluding tert-OH is 1. The highest BCUT2D eigenvalue weighted by atomic mass is 19.1. The van der Waals surface area contributed by atoms with E-state index in [9.17, 15) is 14.6 Å². The molecule has 0 saturated heterocycles. The second-order valence-corrected chi connectivity index (χ2v) is 20.4. The van der Waals surface area contributed by atoms with Crippen LogP contribution in [0.3, 0.4) is 0 Å². The van der Waals surface area contributed by atoms with Crippen LogP contribution in [0.4, 0.5) is 4.39 Å². The van der Waals surface area contributed by atoms with Gasteiger partial charge < -0.3 is 15.5 Å². The zero-order chi connectivity index (χ0) is 39.3. The number of allylic oxidation sites excluding steroid dienone is 5. The molecule has 0 amide bonds. The molecule has 0 heterocycles. The Labute approximate surface area is 327 Å². The topological polar surface area (TPSA) is 52.5 Å². The molecule has 306 valence electrons. The molecule has 6 aliphatic rings. The first-order valence-electron chi connectivity index (χ1n) is 22.8. The van der Waals surface area contributed by atoms with Crippen molar-refractivity contribution in [2.24, 2.45) is 51.2 Å².